The minimum atomic E-state index is -0.157. The number of aromatic amines is 1. The Morgan fingerprint density at radius 3 is 2.91 bits per heavy atom. The maximum Gasteiger partial charge on any atom is 0.251 e. The third kappa shape index (κ3) is 4.24. The first-order valence-electron chi connectivity index (χ1n) is 11.3. The minimum Gasteiger partial charge on any atom is -0.367 e. The van der Waals surface area contributed by atoms with Gasteiger partial charge in [0.2, 0.25) is 0 Å². The number of pyridine rings is 1. The van der Waals surface area contributed by atoms with E-state index in [9.17, 15) is 4.79 Å². The van der Waals surface area contributed by atoms with E-state index in [0.717, 1.165) is 37.2 Å². The lowest BCUT2D eigenvalue weighted by Gasteiger charge is -2.38. The first-order chi connectivity index (χ1) is 15.3. The zero-order valence-corrected chi connectivity index (χ0v) is 19.5. The summed E-state index contributed by atoms with van der Waals surface area (Å²) in [4.78, 5) is 25.7. The van der Waals surface area contributed by atoms with Crippen LogP contribution in [0, 0.1) is 11.3 Å². The molecule has 2 aliphatic rings. The summed E-state index contributed by atoms with van der Waals surface area (Å²) < 4.78 is 0. The average molecular weight is 429 g/mol. The van der Waals surface area contributed by atoms with Crippen molar-refractivity contribution in [3.8, 4) is 0 Å². The highest BCUT2D eigenvalue weighted by molar-refractivity contribution is 5.73. The first kappa shape index (κ1) is 22.0. The van der Waals surface area contributed by atoms with Crippen molar-refractivity contribution in [2.45, 2.75) is 47.1 Å². The van der Waals surface area contributed by atoms with Crippen LogP contribution in [0.1, 0.15) is 56.8 Å². The normalized spacial score (nSPS) is 20.8. The molecule has 0 amide bonds. The summed E-state index contributed by atoms with van der Waals surface area (Å²) in [5.41, 5.74) is 6.91. The van der Waals surface area contributed by atoms with Gasteiger partial charge in [0.1, 0.15) is 5.82 Å². The van der Waals surface area contributed by atoms with Gasteiger partial charge in [-0.05, 0) is 59.1 Å². The largest absolute Gasteiger partial charge is 0.367 e. The van der Waals surface area contributed by atoms with Gasteiger partial charge in [0.15, 0.2) is 0 Å². The van der Waals surface area contributed by atoms with Crippen molar-refractivity contribution in [2.75, 3.05) is 6.54 Å². The van der Waals surface area contributed by atoms with E-state index in [1.165, 1.54) is 34.7 Å². The summed E-state index contributed by atoms with van der Waals surface area (Å²) in [6.07, 6.45) is 14.1. The molecule has 3 heterocycles. The van der Waals surface area contributed by atoms with Crippen molar-refractivity contribution in [3.63, 3.8) is 0 Å². The van der Waals surface area contributed by atoms with Crippen LogP contribution in [0.25, 0.3) is 11.6 Å². The molecule has 4 rings (SSSR count). The van der Waals surface area contributed by atoms with Crippen LogP contribution in [0.2, 0.25) is 0 Å². The zero-order chi connectivity index (χ0) is 22.9. The van der Waals surface area contributed by atoms with Crippen molar-refractivity contribution in [3.05, 3.63) is 93.6 Å². The third-order valence-electron chi connectivity index (χ3n) is 7.06. The number of allylic oxidation sites excluding steroid dienone is 5. The molecule has 2 aromatic rings. The van der Waals surface area contributed by atoms with Crippen molar-refractivity contribution >= 4 is 11.6 Å². The van der Waals surface area contributed by atoms with Crippen LogP contribution in [0.4, 0.5) is 0 Å². The molecule has 5 nitrogen and oxygen atoms in total. The fraction of sp³-hybridized carbons (Fsp3) is 0.370. The molecule has 5 heteroatoms. The number of fused-ring (bicyclic) bond motifs is 1. The van der Waals surface area contributed by atoms with E-state index in [1.807, 2.05) is 13.0 Å². The van der Waals surface area contributed by atoms with Gasteiger partial charge >= 0.3 is 0 Å². The van der Waals surface area contributed by atoms with Gasteiger partial charge in [-0.3, -0.25) is 9.78 Å². The topological polar surface area (TPSA) is 61.9 Å². The van der Waals surface area contributed by atoms with E-state index < -0.39 is 0 Å². The molecule has 0 saturated heterocycles. The number of rotatable bonds is 5. The highest BCUT2D eigenvalue weighted by atomic mass is 16.1. The Kier molecular flexibility index (Phi) is 6.00. The second kappa shape index (κ2) is 8.73. The smallest absolute Gasteiger partial charge is 0.251 e. The fourth-order valence-corrected chi connectivity index (χ4v) is 4.55. The van der Waals surface area contributed by atoms with Crippen LogP contribution in [0.5, 0.6) is 0 Å². The van der Waals surface area contributed by atoms with Crippen LogP contribution in [0.3, 0.4) is 0 Å². The van der Waals surface area contributed by atoms with Gasteiger partial charge in [-0.1, -0.05) is 45.6 Å². The highest BCUT2D eigenvalue weighted by Crippen LogP contribution is 2.46. The van der Waals surface area contributed by atoms with E-state index >= 15 is 0 Å². The molecule has 0 aromatic carbocycles. The lowest BCUT2D eigenvalue weighted by molar-refractivity contribution is 0.314. The van der Waals surface area contributed by atoms with E-state index in [2.05, 4.69) is 72.7 Å². The standard InChI is InChI=1S/C27H32N4O/c1-18(2)27(5)11-7-6-8-23(27)21-15-22-17-31(13-10-24(22)29-16-21)20(4)19(3)14-25-28-12-9-26(32)30-25/h6-9,12,14-16,18H,4,10-11,13,17H2,1-3,5H3,(H,28,30,32)/b19-14-. The van der Waals surface area contributed by atoms with Crippen LogP contribution >= 0.6 is 0 Å². The minimum absolute atomic E-state index is 0.113. The highest BCUT2D eigenvalue weighted by Gasteiger charge is 2.34. The second-order valence-electron chi connectivity index (χ2n) is 9.38. The summed E-state index contributed by atoms with van der Waals surface area (Å²) >= 11 is 0. The van der Waals surface area contributed by atoms with Crippen molar-refractivity contribution in [2.24, 2.45) is 11.3 Å². The molecule has 0 radical (unpaired) electrons. The van der Waals surface area contributed by atoms with E-state index in [-0.39, 0.29) is 11.0 Å². The monoisotopic (exact) mass is 428 g/mol. The maximum absolute atomic E-state index is 11.6. The molecule has 1 aliphatic heterocycles. The summed E-state index contributed by atoms with van der Waals surface area (Å²) in [5, 5.41) is 0. The summed E-state index contributed by atoms with van der Waals surface area (Å²) in [7, 11) is 0. The molecule has 2 aromatic heterocycles. The number of nitrogens with zero attached hydrogens (tertiary/aromatic N) is 3. The fourth-order valence-electron chi connectivity index (χ4n) is 4.55. The molecule has 1 atom stereocenters. The molecule has 0 spiro atoms. The average Bonchev–Trinajstić information content (AvgIpc) is 2.78. The summed E-state index contributed by atoms with van der Waals surface area (Å²) in [6.45, 7) is 14.9. The number of nitrogens with one attached hydrogen (secondary N) is 1. The predicted molar refractivity (Wildman–Crippen MR) is 131 cm³/mol. The molecule has 32 heavy (non-hydrogen) atoms. The van der Waals surface area contributed by atoms with Gasteiger partial charge in [-0.15, -0.1) is 0 Å². The van der Waals surface area contributed by atoms with Crippen LogP contribution in [-0.4, -0.2) is 26.4 Å². The van der Waals surface area contributed by atoms with Gasteiger partial charge < -0.3 is 9.88 Å². The van der Waals surface area contributed by atoms with Crippen molar-refractivity contribution in [1.82, 2.24) is 19.9 Å². The SMILES string of the molecule is C=C(/C(C)=C\c1nccc(=O)[nH]1)N1CCc2ncc(C3=CC=CCC3(C)C(C)C)cc2C1. The van der Waals surface area contributed by atoms with Gasteiger partial charge in [0.25, 0.3) is 5.56 Å². The third-order valence-corrected chi connectivity index (χ3v) is 7.06. The van der Waals surface area contributed by atoms with Crippen molar-refractivity contribution < 1.29 is 0 Å². The summed E-state index contributed by atoms with van der Waals surface area (Å²) in [6, 6.07) is 3.73. The molecule has 166 valence electrons. The molecular formula is C27H32N4O. The Morgan fingerprint density at radius 1 is 1.34 bits per heavy atom. The summed E-state index contributed by atoms with van der Waals surface area (Å²) in [5.74, 6) is 1.08. The van der Waals surface area contributed by atoms with E-state index in [0.29, 0.717) is 11.7 Å². The first-order valence-corrected chi connectivity index (χ1v) is 11.3. The Morgan fingerprint density at radius 2 is 2.16 bits per heavy atom. The van der Waals surface area contributed by atoms with Crippen LogP contribution < -0.4 is 5.56 Å². The number of hydrogen-bond acceptors (Lipinski definition) is 4. The lowest BCUT2D eigenvalue weighted by atomic mass is 9.67. The molecular weight excluding hydrogens is 396 g/mol. The second-order valence-corrected chi connectivity index (χ2v) is 9.38. The maximum atomic E-state index is 11.6. The van der Waals surface area contributed by atoms with Crippen molar-refractivity contribution in [1.29, 1.82) is 0 Å². The Bertz CT molecular complexity index is 1180. The van der Waals surface area contributed by atoms with Gasteiger partial charge in [0.05, 0.1) is 0 Å². The molecule has 0 bridgehead atoms. The lowest BCUT2D eigenvalue weighted by Crippen LogP contribution is -2.31. The predicted octanol–water partition coefficient (Wildman–Crippen LogP) is 5.15. The quantitative estimate of drug-likeness (QED) is 0.670. The molecule has 1 aliphatic carbocycles. The van der Waals surface area contributed by atoms with Gasteiger partial charge in [-0.25, -0.2) is 4.98 Å². The Labute approximate surface area is 190 Å². The van der Waals surface area contributed by atoms with E-state index in [4.69, 9.17) is 4.98 Å². The molecule has 1 unspecified atom stereocenters. The molecule has 0 saturated carbocycles. The Balaban J connectivity index is 1.58. The molecule has 1 N–H and O–H groups in total. The molecule has 0 fully saturated rings. The van der Waals surface area contributed by atoms with Crippen LogP contribution in [-0.2, 0) is 13.0 Å². The van der Waals surface area contributed by atoms with E-state index in [1.54, 1.807) is 0 Å². The zero-order valence-electron chi connectivity index (χ0n) is 19.5. The van der Waals surface area contributed by atoms with Gasteiger partial charge in [0, 0.05) is 49.4 Å². The number of aromatic nitrogens is 3. The number of H-pyrrole nitrogens is 1. The van der Waals surface area contributed by atoms with Gasteiger partial charge in [-0.2, -0.15) is 0 Å². The van der Waals surface area contributed by atoms with Crippen LogP contribution in [0.15, 0.2) is 65.4 Å². The number of hydrogen-bond donors (Lipinski definition) is 1. The Hall–Kier alpha value is -3.21.